The summed E-state index contributed by atoms with van der Waals surface area (Å²) in [6, 6.07) is 1.95. The first kappa shape index (κ1) is 13.9. The maximum absolute atomic E-state index is 6.25. The van der Waals surface area contributed by atoms with E-state index in [-0.39, 0.29) is 6.10 Å². The molecule has 1 aromatic rings. The standard InChI is InChI=1S/C13H22N2O2/c1-10(2)17-12-7-11(8-15-9-12)13(3,14)5-6-16-4/h7-10H,5-6,14H2,1-4H3. The number of nitrogens with zero attached hydrogens (tertiary/aromatic N) is 1. The Kier molecular flexibility index (Phi) is 4.90. The molecule has 0 saturated carbocycles. The first-order valence-electron chi connectivity index (χ1n) is 5.85. The van der Waals surface area contributed by atoms with Crippen molar-refractivity contribution in [2.24, 2.45) is 5.73 Å². The largest absolute Gasteiger partial charge is 0.489 e. The first-order chi connectivity index (χ1) is 7.95. The molecule has 4 nitrogen and oxygen atoms in total. The molecule has 0 spiro atoms. The van der Waals surface area contributed by atoms with Crippen LogP contribution in [0.25, 0.3) is 0 Å². The lowest BCUT2D eigenvalue weighted by molar-refractivity contribution is 0.171. The molecule has 0 aliphatic rings. The molecule has 0 aromatic carbocycles. The van der Waals surface area contributed by atoms with Crippen molar-refractivity contribution in [3.63, 3.8) is 0 Å². The predicted molar refractivity (Wildman–Crippen MR) is 68.0 cm³/mol. The fourth-order valence-electron chi connectivity index (χ4n) is 1.53. The van der Waals surface area contributed by atoms with E-state index >= 15 is 0 Å². The Morgan fingerprint density at radius 1 is 1.41 bits per heavy atom. The number of nitrogens with two attached hydrogens (primary N) is 1. The monoisotopic (exact) mass is 238 g/mol. The molecule has 1 unspecified atom stereocenters. The Labute approximate surface area is 103 Å². The minimum Gasteiger partial charge on any atom is -0.489 e. The second-order valence-electron chi connectivity index (χ2n) is 4.74. The van der Waals surface area contributed by atoms with Crippen molar-refractivity contribution in [1.82, 2.24) is 4.98 Å². The van der Waals surface area contributed by atoms with Crippen LogP contribution in [0.1, 0.15) is 32.8 Å². The van der Waals surface area contributed by atoms with Gasteiger partial charge in [0.2, 0.25) is 0 Å². The molecule has 0 aliphatic carbocycles. The molecule has 0 radical (unpaired) electrons. The van der Waals surface area contributed by atoms with Crippen LogP contribution >= 0.6 is 0 Å². The van der Waals surface area contributed by atoms with Gasteiger partial charge in [0.1, 0.15) is 5.75 Å². The summed E-state index contributed by atoms with van der Waals surface area (Å²) in [4.78, 5) is 4.17. The zero-order valence-electron chi connectivity index (χ0n) is 11.1. The van der Waals surface area contributed by atoms with Crippen molar-refractivity contribution >= 4 is 0 Å². The lowest BCUT2D eigenvalue weighted by Gasteiger charge is -2.25. The molecule has 0 fully saturated rings. The van der Waals surface area contributed by atoms with E-state index in [1.807, 2.05) is 26.8 Å². The van der Waals surface area contributed by atoms with Crippen LogP contribution < -0.4 is 10.5 Å². The number of ether oxygens (including phenoxy) is 2. The van der Waals surface area contributed by atoms with E-state index in [0.29, 0.717) is 6.61 Å². The average molecular weight is 238 g/mol. The molecule has 0 bridgehead atoms. The fourth-order valence-corrected chi connectivity index (χ4v) is 1.53. The van der Waals surface area contributed by atoms with Crippen LogP contribution in [0.4, 0.5) is 0 Å². The van der Waals surface area contributed by atoms with Gasteiger partial charge in [-0.1, -0.05) is 0 Å². The second-order valence-corrected chi connectivity index (χ2v) is 4.74. The number of hydrogen-bond acceptors (Lipinski definition) is 4. The number of hydrogen-bond donors (Lipinski definition) is 1. The first-order valence-corrected chi connectivity index (χ1v) is 5.85. The van der Waals surface area contributed by atoms with Gasteiger partial charge in [0.05, 0.1) is 12.3 Å². The fraction of sp³-hybridized carbons (Fsp3) is 0.615. The Morgan fingerprint density at radius 2 is 2.12 bits per heavy atom. The third kappa shape index (κ3) is 4.32. The molecular weight excluding hydrogens is 216 g/mol. The van der Waals surface area contributed by atoms with Crippen LogP contribution in [0.15, 0.2) is 18.5 Å². The van der Waals surface area contributed by atoms with Gasteiger partial charge < -0.3 is 15.2 Å². The summed E-state index contributed by atoms with van der Waals surface area (Å²) >= 11 is 0. The summed E-state index contributed by atoms with van der Waals surface area (Å²) in [5.74, 6) is 0.756. The van der Waals surface area contributed by atoms with Gasteiger partial charge in [-0.25, -0.2) is 0 Å². The third-order valence-electron chi connectivity index (χ3n) is 2.57. The molecule has 1 aromatic heterocycles. The molecule has 96 valence electrons. The van der Waals surface area contributed by atoms with Crippen molar-refractivity contribution in [3.05, 3.63) is 24.0 Å². The number of aromatic nitrogens is 1. The maximum Gasteiger partial charge on any atom is 0.138 e. The molecule has 0 aliphatic heterocycles. The molecule has 0 amide bonds. The Balaban J connectivity index is 2.82. The zero-order chi connectivity index (χ0) is 12.9. The van der Waals surface area contributed by atoms with Crippen LogP contribution in [-0.4, -0.2) is 24.8 Å². The van der Waals surface area contributed by atoms with Crippen LogP contribution in [0, 0.1) is 0 Å². The summed E-state index contributed by atoms with van der Waals surface area (Å²) < 4.78 is 10.7. The van der Waals surface area contributed by atoms with Gasteiger partial charge in [-0.2, -0.15) is 0 Å². The Morgan fingerprint density at radius 3 is 2.71 bits per heavy atom. The van der Waals surface area contributed by atoms with E-state index in [1.54, 1.807) is 19.5 Å². The van der Waals surface area contributed by atoms with Gasteiger partial charge in [0.25, 0.3) is 0 Å². The number of methoxy groups -OCH3 is 1. The van der Waals surface area contributed by atoms with Crippen molar-refractivity contribution in [2.75, 3.05) is 13.7 Å². The van der Waals surface area contributed by atoms with Gasteiger partial charge in [0.15, 0.2) is 0 Å². The van der Waals surface area contributed by atoms with E-state index in [9.17, 15) is 0 Å². The maximum atomic E-state index is 6.25. The molecular formula is C13H22N2O2. The van der Waals surface area contributed by atoms with Gasteiger partial charge in [0, 0.05) is 25.5 Å². The van der Waals surface area contributed by atoms with Crippen molar-refractivity contribution < 1.29 is 9.47 Å². The van der Waals surface area contributed by atoms with Crippen LogP contribution in [0.3, 0.4) is 0 Å². The lowest BCUT2D eigenvalue weighted by atomic mass is 9.91. The predicted octanol–water partition coefficient (Wildman–Crippen LogP) is 2.08. The minimum atomic E-state index is -0.445. The van der Waals surface area contributed by atoms with Crippen LogP contribution in [-0.2, 0) is 10.3 Å². The van der Waals surface area contributed by atoms with Crippen molar-refractivity contribution in [3.8, 4) is 5.75 Å². The van der Waals surface area contributed by atoms with Crippen LogP contribution in [0.2, 0.25) is 0 Å². The highest BCUT2D eigenvalue weighted by molar-refractivity contribution is 5.28. The van der Waals surface area contributed by atoms with E-state index in [0.717, 1.165) is 17.7 Å². The summed E-state index contributed by atoms with van der Waals surface area (Å²) in [5.41, 5.74) is 6.77. The minimum absolute atomic E-state index is 0.134. The van der Waals surface area contributed by atoms with Gasteiger partial charge in [-0.15, -0.1) is 0 Å². The summed E-state index contributed by atoms with van der Waals surface area (Å²) in [6.07, 6.45) is 4.37. The van der Waals surface area contributed by atoms with Gasteiger partial charge in [-0.05, 0) is 38.8 Å². The SMILES string of the molecule is COCCC(C)(N)c1cncc(OC(C)C)c1. The van der Waals surface area contributed by atoms with Crippen molar-refractivity contribution in [1.29, 1.82) is 0 Å². The molecule has 2 N–H and O–H groups in total. The van der Waals surface area contributed by atoms with E-state index in [4.69, 9.17) is 15.2 Å². The second kappa shape index (κ2) is 5.98. The van der Waals surface area contributed by atoms with E-state index < -0.39 is 5.54 Å². The third-order valence-corrected chi connectivity index (χ3v) is 2.57. The van der Waals surface area contributed by atoms with Crippen LogP contribution in [0.5, 0.6) is 5.75 Å². The highest BCUT2D eigenvalue weighted by atomic mass is 16.5. The molecule has 0 saturated heterocycles. The molecule has 1 atom stereocenters. The summed E-state index contributed by atoms with van der Waals surface area (Å²) in [5, 5.41) is 0. The van der Waals surface area contributed by atoms with E-state index in [2.05, 4.69) is 4.98 Å². The summed E-state index contributed by atoms with van der Waals surface area (Å²) in [7, 11) is 1.67. The Bertz CT molecular complexity index is 351. The zero-order valence-corrected chi connectivity index (χ0v) is 11.1. The lowest BCUT2D eigenvalue weighted by Crippen LogP contribution is -2.34. The molecule has 4 heteroatoms. The molecule has 1 heterocycles. The Hall–Kier alpha value is -1.13. The van der Waals surface area contributed by atoms with Gasteiger partial charge >= 0.3 is 0 Å². The smallest absolute Gasteiger partial charge is 0.138 e. The molecule has 1 rings (SSSR count). The number of pyridine rings is 1. The summed E-state index contributed by atoms with van der Waals surface area (Å²) in [6.45, 7) is 6.57. The molecule has 17 heavy (non-hydrogen) atoms. The van der Waals surface area contributed by atoms with E-state index in [1.165, 1.54) is 0 Å². The average Bonchev–Trinajstić information content (AvgIpc) is 2.26. The number of rotatable bonds is 6. The highest BCUT2D eigenvalue weighted by Gasteiger charge is 2.21. The van der Waals surface area contributed by atoms with Gasteiger partial charge in [-0.3, -0.25) is 4.98 Å². The topological polar surface area (TPSA) is 57.4 Å². The quantitative estimate of drug-likeness (QED) is 0.824. The van der Waals surface area contributed by atoms with Crippen molar-refractivity contribution in [2.45, 2.75) is 38.8 Å². The highest BCUT2D eigenvalue weighted by Crippen LogP contribution is 2.24. The normalized spacial score (nSPS) is 14.7.